The molecule has 1 aromatic heterocycles. The zero-order chi connectivity index (χ0) is 15.6. The Labute approximate surface area is 133 Å². The van der Waals surface area contributed by atoms with E-state index in [1.54, 1.807) is 6.20 Å². The second-order valence-electron chi connectivity index (χ2n) is 5.77. The van der Waals surface area contributed by atoms with Gasteiger partial charge in [0.2, 0.25) is 0 Å². The second kappa shape index (κ2) is 6.48. The number of sulfone groups is 1. The van der Waals surface area contributed by atoms with E-state index in [-0.39, 0.29) is 16.6 Å². The average molecular weight is 378 g/mol. The number of nitrogens with one attached hydrogen (secondary N) is 1. The summed E-state index contributed by atoms with van der Waals surface area (Å²) in [6.07, 6.45) is 2.95. The monoisotopic (exact) mass is 377 g/mol. The predicted octanol–water partition coefficient (Wildman–Crippen LogP) is 1.65. The van der Waals surface area contributed by atoms with E-state index in [0.717, 1.165) is 0 Å². The van der Waals surface area contributed by atoms with E-state index in [2.05, 4.69) is 26.3 Å². The number of halogens is 1. The summed E-state index contributed by atoms with van der Waals surface area (Å²) in [5.74, 6) is 0.582. The molecule has 1 aliphatic rings. The number of nitrogens with zero attached hydrogens (tertiary/aromatic N) is 2. The van der Waals surface area contributed by atoms with Gasteiger partial charge in [-0.25, -0.2) is 13.1 Å². The van der Waals surface area contributed by atoms with Gasteiger partial charge in [0.15, 0.2) is 9.84 Å². The molecule has 1 aromatic rings. The van der Waals surface area contributed by atoms with E-state index < -0.39 is 9.84 Å². The third-order valence-electron chi connectivity index (χ3n) is 3.51. The topological polar surface area (TPSA) is 81.1 Å². The van der Waals surface area contributed by atoms with Gasteiger partial charge in [-0.15, -0.1) is 0 Å². The molecule has 118 valence electrons. The number of aromatic nitrogens is 2. The van der Waals surface area contributed by atoms with Crippen molar-refractivity contribution >= 4 is 31.5 Å². The van der Waals surface area contributed by atoms with Crippen LogP contribution in [0.3, 0.4) is 0 Å². The lowest BCUT2D eigenvalue weighted by Crippen LogP contribution is -2.29. The molecular formula is C13H20BrN3O3S. The van der Waals surface area contributed by atoms with Gasteiger partial charge < -0.3 is 5.32 Å². The fraction of sp³-hybridized carbons (Fsp3) is 0.692. The zero-order valence-electron chi connectivity index (χ0n) is 12.2. The van der Waals surface area contributed by atoms with Gasteiger partial charge in [0.25, 0.3) is 5.56 Å². The van der Waals surface area contributed by atoms with Gasteiger partial charge in [0, 0.05) is 13.1 Å². The van der Waals surface area contributed by atoms with Crippen LogP contribution in [0.25, 0.3) is 0 Å². The lowest BCUT2D eigenvalue weighted by Gasteiger charge is -2.14. The molecule has 1 saturated heterocycles. The Hall–Kier alpha value is -0.890. The lowest BCUT2D eigenvalue weighted by molar-refractivity contribution is 0.462. The fourth-order valence-corrected chi connectivity index (χ4v) is 4.59. The molecule has 2 heterocycles. The molecular weight excluding hydrogens is 358 g/mol. The van der Waals surface area contributed by atoms with Crippen molar-refractivity contribution in [3.63, 3.8) is 0 Å². The minimum atomic E-state index is -2.99. The SMILES string of the molecule is CC(C)Cn1ncc(NCC2CCCS2(=O)=O)c(Br)c1=O. The van der Waals surface area contributed by atoms with Crippen molar-refractivity contribution in [1.29, 1.82) is 0 Å². The molecule has 6 nitrogen and oxygen atoms in total. The average Bonchev–Trinajstić information content (AvgIpc) is 2.73. The van der Waals surface area contributed by atoms with Crippen LogP contribution in [-0.2, 0) is 16.4 Å². The van der Waals surface area contributed by atoms with Crippen LogP contribution < -0.4 is 10.9 Å². The first kappa shape index (κ1) is 16.5. The van der Waals surface area contributed by atoms with Crippen LogP contribution in [0.4, 0.5) is 5.69 Å². The third kappa shape index (κ3) is 3.85. The van der Waals surface area contributed by atoms with Gasteiger partial charge >= 0.3 is 0 Å². The fourth-order valence-electron chi connectivity index (χ4n) is 2.38. The first-order valence-electron chi connectivity index (χ1n) is 7.02. The van der Waals surface area contributed by atoms with Crippen LogP contribution >= 0.6 is 15.9 Å². The maximum atomic E-state index is 12.1. The molecule has 21 heavy (non-hydrogen) atoms. The van der Waals surface area contributed by atoms with Crippen molar-refractivity contribution in [2.45, 2.75) is 38.5 Å². The van der Waals surface area contributed by atoms with E-state index >= 15 is 0 Å². The van der Waals surface area contributed by atoms with E-state index in [9.17, 15) is 13.2 Å². The largest absolute Gasteiger partial charge is 0.381 e. The van der Waals surface area contributed by atoms with Crippen LogP contribution in [0.1, 0.15) is 26.7 Å². The van der Waals surface area contributed by atoms with Crippen LogP contribution in [-0.4, -0.2) is 35.7 Å². The Kier molecular flexibility index (Phi) is 5.08. The Morgan fingerprint density at radius 3 is 2.81 bits per heavy atom. The summed E-state index contributed by atoms with van der Waals surface area (Å²) in [5.41, 5.74) is 0.338. The van der Waals surface area contributed by atoms with Gasteiger partial charge in [-0.05, 0) is 34.7 Å². The molecule has 0 spiro atoms. The molecule has 1 fully saturated rings. The van der Waals surface area contributed by atoms with Crippen molar-refractivity contribution < 1.29 is 8.42 Å². The highest BCUT2D eigenvalue weighted by Gasteiger charge is 2.31. The molecule has 0 saturated carbocycles. The first-order valence-corrected chi connectivity index (χ1v) is 9.53. The highest BCUT2D eigenvalue weighted by molar-refractivity contribution is 9.10. The predicted molar refractivity (Wildman–Crippen MR) is 86.3 cm³/mol. The summed E-state index contributed by atoms with van der Waals surface area (Å²) in [5, 5.41) is 6.78. The van der Waals surface area contributed by atoms with Crippen molar-refractivity contribution in [2.24, 2.45) is 5.92 Å². The van der Waals surface area contributed by atoms with Crippen molar-refractivity contribution in [3.05, 3.63) is 21.0 Å². The van der Waals surface area contributed by atoms with Crippen LogP contribution in [0.2, 0.25) is 0 Å². The van der Waals surface area contributed by atoms with E-state index in [4.69, 9.17) is 0 Å². The lowest BCUT2D eigenvalue weighted by atomic mass is 10.2. The van der Waals surface area contributed by atoms with Crippen LogP contribution in [0.5, 0.6) is 0 Å². The summed E-state index contributed by atoms with van der Waals surface area (Å²) in [6, 6.07) is 0. The van der Waals surface area contributed by atoms with Crippen molar-refractivity contribution in [3.8, 4) is 0 Å². The Morgan fingerprint density at radius 1 is 1.52 bits per heavy atom. The third-order valence-corrected chi connectivity index (χ3v) is 6.55. The smallest absolute Gasteiger partial charge is 0.283 e. The minimum absolute atomic E-state index is 0.206. The summed E-state index contributed by atoms with van der Waals surface area (Å²) >= 11 is 3.27. The maximum Gasteiger partial charge on any atom is 0.283 e. The number of anilines is 1. The number of hydrogen-bond acceptors (Lipinski definition) is 5. The van der Waals surface area contributed by atoms with Crippen LogP contribution in [0.15, 0.2) is 15.5 Å². The highest BCUT2D eigenvalue weighted by atomic mass is 79.9. The summed E-state index contributed by atoms with van der Waals surface area (Å²) < 4.78 is 25.4. The maximum absolute atomic E-state index is 12.1. The normalized spacial score (nSPS) is 20.9. The van der Waals surface area contributed by atoms with Crippen molar-refractivity contribution in [2.75, 3.05) is 17.6 Å². The standard InChI is InChI=1S/C13H20BrN3O3S/c1-9(2)8-17-13(18)12(14)11(7-16-17)15-6-10-4-3-5-21(10,19)20/h7,9-10,15H,3-6,8H2,1-2H3. The Morgan fingerprint density at radius 2 is 2.24 bits per heavy atom. The summed E-state index contributed by atoms with van der Waals surface area (Å²) in [6.45, 7) is 4.89. The molecule has 8 heteroatoms. The van der Waals surface area contributed by atoms with E-state index in [1.165, 1.54) is 4.68 Å². The molecule has 2 rings (SSSR count). The molecule has 1 N–H and O–H groups in total. The molecule has 0 radical (unpaired) electrons. The minimum Gasteiger partial charge on any atom is -0.381 e. The molecule has 0 aliphatic carbocycles. The zero-order valence-corrected chi connectivity index (χ0v) is 14.6. The molecule has 1 unspecified atom stereocenters. The Bertz CT molecular complexity index is 670. The van der Waals surface area contributed by atoms with E-state index in [1.807, 2.05) is 13.8 Å². The van der Waals surface area contributed by atoms with Gasteiger partial charge in [-0.1, -0.05) is 13.8 Å². The van der Waals surface area contributed by atoms with Gasteiger partial charge in [0.1, 0.15) is 4.47 Å². The molecule has 0 bridgehead atoms. The van der Waals surface area contributed by atoms with Crippen LogP contribution in [0, 0.1) is 5.92 Å². The Balaban J connectivity index is 2.11. The first-order chi connectivity index (χ1) is 9.81. The summed E-state index contributed by atoms with van der Waals surface area (Å²) in [7, 11) is -2.99. The van der Waals surface area contributed by atoms with Crippen molar-refractivity contribution in [1.82, 2.24) is 9.78 Å². The van der Waals surface area contributed by atoms with Gasteiger partial charge in [-0.3, -0.25) is 4.79 Å². The molecule has 1 aliphatic heterocycles. The number of hydrogen-bond donors (Lipinski definition) is 1. The number of rotatable bonds is 5. The quantitative estimate of drug-likeness (QED) is 0.843. The summed E-state index contributed by atoms with van der Waals surface area (Å²) in [4.78, 5) is 12.1. The van der Waals surface area contributed by atoms with E-state index in [0.29, 0.717) is 42.0 Å². The van der Waals surface area contributed by atoms with Gasteiger partial charge in [-0.2, -0.15) is 5.10 Å². The molecule has 0 aromatic carbocycles. The second-order valence-corrected chi connectivity index (χ2v) is 8.96. The highest BCUT2D eigenvalue weighted by Crippen LogP contribution is 2.22. The molecule has 0 amide bonds. The molecule has 1 atom stereocenters. The van der Waals surface area contributed by atoms with Gasteiger partial charge in [0.05, 0.1) is 22.9 Å².